The second-order valence-corrected chi connectivity index (χ2v) is 5.55. The molecule has 0 heteroatoms. The Hall–Kier alpha value is -1.56. The SMILES string of the molecule is [c]1cccc(C2CCCCCC2)c1-c1ccccc1. The Labute approximate surface area is 116 Å². The van der Waals surface area contributed by atoms with Crippen molar-refractivity contribution < 1.29 is 0 Å². The van der Waals surface area contributed by atoms with Crippen LogP contribution < -0.4 is 0 Å². The molecule has 0 spiro atoms. The average molecular weight is 249 g/mol. The van der Waals surface area contributed by atoms with Crippen LogP contribution in [0.2, 0.25) is 0 Å². The first kappa shape index (κ1) is 12.5. The maximum Gasteiger partial charge on any atom is -0.00703 e. The molecule has 0 N–H and O–H groups in total. The molecule has 1 saturated carbocycles. The Kier molecular flexibility index (Phi) is 3.98. The maximum absolute atomic E-state index is 3.47. The Bertz CT molecular complexity index is 505. The third-order valence-corrected chi connectivity index (χ3v) is 4.25. The van der Waals surface area contributed by atoms with E-state index in [0.29, 0.717) is 0 Å². The fourth-order valence-electron chi connectivity index (χ4n) is 3.24. The molecule has 2 aromatic carbocycles. The summed E-state index contributed by atoms with van der Waals surface area (Å²) in [7, 11) is 0. The lowest BCUT2D eigenvalue weighted by Crippen LogP contribution is -1.99. The van der Waals surface area contributed by atoms with Crippen LogP contribution in [0.25, 0.3) is 11.1 Å². The lowest BCUT2D eigenvalue weighted by atomic mass is 9.86. The molecule has 1 radical (unpaired) electrons. The van der Waals surface area contributed by atoms with Gasteiger partial charge in [0.2, 0.25) is 0 Å². The topological polar surface area (TPSA) is 0 Å². The molecule has 0 heterocycles. The van der Waals surface area contributed by atoms with E-state index in [0.717, 1.165) is 5.92 Å². The second kappa shape index (κ2) is 6.06. The van der Waals surface area contributed by atoms with Gasteiger partial charge in [-0.05, 0) is 41.5 Å². The first-order chi connectivity index (χ1) is 9.45. The van der Waals surface area contributed by atoms with Gasteiger partial charge >= 0.3 is 0 Å². The van der Waals surface area contributed by atoms with Gasteiger partial charge in [-0.3, -0.25) is 0 Å². The van der Waals surface area contributed by atoms with E-state index in [-0.39, 0.29) is 0 Å². The van der Waals surface area contributed by atoms with Gasteiger partial charge in [0, 0.05) is 0 Å². The zero-order valence-electron chi connectivity index (χ0n) is 11.4. The molecule has 1 aliphatic rings. The van der Waals surface area contributed by atoms with Gasteiger partial charge in [-0.2, -0.15) is 0 Å². The van der Waals surface area contributed by atoms with Crippen molar-refractivity contribution >= 4 is 0 Å². The van der Waals surface area contributed by atoms with Gasteiger partial charge in [0.05, 0.1) is 0 Å². The number of hydrogen-bond acceptors (Lipinski definition) is 0. The van der Waals surface area contributed by atoms with Gasteiger partial charge in [0.15, 0.2) is 0 Å². The average Bonchev–Trinajstić information content (AvgIpc) is 2.77. The highest BCUT2D eigenvalue weighted by Crippen LogP contribution is 2.36. The molecular weight excluding hydrogens is 228 g/mol. The van der Waals surface area contributed by atoms with E-state index in [4.69, 9.17) is 0 Å². The van der Waals surface area contributed by atoms with Crippen LogP contribution in [-0.4, -0.2) is 0 Å². The highest BCUT2D eigenvalue weighted by Gasteiger charge is 2.17. The summed E-state index contributed by atoms with van der Waals surface area (Å²) in [6.07, 6.45) is 8.28. The summed E-state index contributed by atoms with van der Waals surface area (Å²) in [4.78, 5) is 0. The van der Waals surface area contributed by atoms with Crippen LogP contribution in [0.3, 0.4) is 0 Å². The molecule has 0 aliphatic heterocycles. The zero-order valence-corrected chi connectivity index (χ0v) is 11.4. The van der Waals surface area contributed by atoms with Crippen LogP contribution in [0.5, 0.6) is 0 Å². The van der Waals surface area contributed by atoms with Crippen LogP contribution in [0.1, 0.15) is 50.0 Å². The summed E-state index contributed by atoms with van der Waals surface area (Å²) in [6.45, 7) is 0. The first-order valence-corrected chi connectivity index (χ1v) is 7.51. The normalized spacial score (nSPS) is 17.1. The largest absolute Gasteiger partial charge is 0.0622 e. The maximum atomic E-state index is 3.47. The van der Waals surface area contributed by atoms with Crippen LogP contribution in [-0.2, 0) is 0 Å². The minimum Gasteiger partial charge on any atom is -0.0622 e. The zero-order chi connectivity index (χ0) is 12.9. The highest BCUT2D eigenvalue weighted by atomic mass is 14.2. The summed E-state index contributed by atoms with van der Waals surface area (Å²) in [5.74, 6) is 0.732. The molecule has 0 nitrogen and oxygen atoms in total. The molecule has 97 valence electrons. The van der Waals surface area contributed by atoms with E-state index < -0.39 is 0 Å². The summed E-state index contributed by atoms with van der Waals surface area (Å²) in [6, 6.07) is 20.7. The first-order valence-electron chi connectivity index (χ1n) is 7.51. The standard InChI is InChI=1S/C19H21/c1-2-5-11-16(10-4-1)18-14-8-9-15-19(18)17-12-6-3-7-13-17/h3,6-9,12-14,16H,1-2,4-5,10-11H2. The number of hydrogen-bond donors (Lipinski definition) is 0. The number of benzene rings is 2. The van der Waals surface area contributed by atoms with E-state index >= 15 is 0 Å². The van der Waals surface area contributed by atoms with E-state index in [2.05, 4.69) is 48.5 Å². The van der Waals surface area contributed by atoms with Crippen LogP contribution in [0.4, 0.5) is 0 Å². The molecule has 0 aromatic heterocycles. The van der Waals surface area contributed by atoms with Crippen molar-refractivity contribution in [1.82, 2.24) is 0 Å². The van der Waals surface area contributed by atoms with Gasteiger partial charge in [-0.1, -0.05) is 74.2 Å². The molecule has 0 unspecified atom stereocenters. The van der Waals surface area contributed by atoms with Crippen LogP contribution in [0, 0.1) is 6.07 Å². The third-order valence-electron chi connectivity index (χ3n) is 4.25. The lowest BCUT2D eigenvalue weighted by molar-refractivity contribution is 0.593. The molecule has 0 bridgehead atoms. The van der Waals surface area contributed by atoms with Gasteiger partial charge in [-0.25, -0.2) is 0 Å². The van der Waals surface area contributed by atoms with Gasteiger partial charge < -0.3 is 0 Å². The van der Waals surface area contributed by atoms with Crippen molar-refractivity contribution in [2.45, 2.75) is 44.4 Å². The van der Waals surface area contributed by atoms with Crippen molar-refractivity contribution in [1.29, 1.82) is 0 Å². The molecule has 2 aromatic rings. The summed E-state index contributed by atoms with van der Waals surface area (Å²) in [5, 5.41) is 0. The third kappa shape index (κ3) is 2.89. The molecular formula is C19H21. The quantitative estimate of drug-likeness (QED) is 0.608. The smallest absolute Gasteiger partial charge is 0.00703 e. The number of rotatable bonds is 2. The van der Waals surface area contributed by atoms with Crippen LogP contribution >= 0.6 is 0 Å². The fraction of sp³-hybridized carbons (Fsp3) is 0.368. The molecule has 0 saturated heterocycles. The predicted molar refractivity (Wildman–Crippen MR) is 81.2 cm³/mol. The van der Waals surface area contributed by atoms with Gasteiger partial charge in [-0.15, -0.1) is 0 Å². The molecule has 1 aliphatic carbocycles. The highest BCUT2D eigenvalue weighted by molar-refractivity contribution is 5.67. The molecule has 1 fully saturated rings. The van der Waals surface area contributed by atoms with Crippen molar-refractivity contribution in [2.24, 2.45) is 0 Å². The fourth-order valence-corrected chi connectivity index (χ4v) is 3.24. The molecule has 0 atom stereocenters. The minimum absolute atomic E-state index is 0.732. The van der Waals surface area contributed by atoms with Crippen molar-refractivity contribution in [3.63, 3.8) is 0 Å². The molecule has 3 rings (SSSR count). The van der Waals surface area contributed by atoms with E-state index in [9.17, 15) is 0 Å². The predicted octanol–water partition coefficient (Wildman–Crippen LogP) is 5.59. The van der Waals surface area contributed by atoms with Gasteiger partial charge in [0.25, 0.3) is 0 Å². The van der Waals surface area contributed by atoms with Crippen molar-refractivity contribution in [3.8, 4) is 11.1 Å². The summed E-state index contributed by atoms with van der Waals surface area (Å²) < 4.78 is 0. The Morgan fingerprint density at radius 1 is 0.789 bits per heavy atom. The van der Waals surface area contributed by atoms with Crippen molar-refractivity contribution in [2.75, 3.05) is 0 Å². The Morgan fingerprint density at radius 2 is 1.53 bits per heavy atom. The monoisotopic (exact) mass is 249 g/mol. The van der Waals surface area contributed by atoms with Crippen LogP contribution in [0.15, 0.2) is 48.5 Å². The minimum atomic E-state index is 0.732. The van der Waals surface area contributed by atoms with E-state index in [1.807, 2.05) is 6.07 Å². The molecule has 0 amide bonds. The van der Waals surface area contributed by atoms with E-state index in [1.165, 1.54) is 55.2 Å². The molecule has 19 heavy (non-hydrogen) atoms. The summed E-state index contributed by atoms with van der Waals surface area (Å²) in [5.41, 5.74) is 4.13. The Balaban J connectivity index is 1.97. The Morgan fingerprint density at radius 3 is 2.26 bits per heavy atom. The lowest BCUT2D eigenvalue weighted by Gasteiger charge is -2.18. The second-order valence-electron chi connectivity index (χ2n) is 5.55. The van der Waals surface area contributed by atoms with Crippen molar-refractivity contribution in [3.05, 3.63) is 60.2 Å². The van der Waals surface area contributed by atoms with Gasteiger partial charge in [0.1, 0.15) is 0 Å². The summed E-state index contributed by atoms with van der Waals surface area (Å²) >= 11 is 0. The van der Waals surface area contributed by atoms with E-state index in [1.54, 1.807) is 0 Å².